The highest BCUT2D eigenvalue weighted by molar-refractivity contribution is 6.31. The second kappa shape index (κ2) is 2.75. The lowest BCUT2D eigenvalue weighted by Crippen LogP contribution is -1.90. The van der Waals surface area contributed by atoms with Crippen LogP contribution >= 0.6 is 23.2 Å². The van der Waals surface area contributed by atoms with Crippen molar-refractivity contribution in [1.82, 2.24) is 0 Å². The summed E-state index contributed by atoms with van der Waals surface area (Å²) in [5.74, 6) is 0. The van der Waals surface area contributed by atoms with Gasteiger partial charge in [0, 0.05) is 10.0 Å². The zero-order chi connectivity index (χ0) is 9.71. The molecule has 0 aliphatic heterocycles. The summed E-state index contributed by atoms with van der Waals surface area (Å²) in [5.41, 5.74) is 0. The second-order valence-corrected chi connectivity index (χ2v) is 4.25. The molecule has 1 aliphatic rings. The van der Waals surface area contributed by atoms with E-state index in [0.717, 1.165) is 10.0 Å². The van der Waals surface area contributed by atoms with Crippen LogP contribution in [0.25, 0.3) is 0 Å². The minimum atomic E-state index is 0.782. The molecule has 0 amide bonds. The average Bonchev–Trinajstić information content (AvgIpc) is 2.16. The smallest absolute Gasteiger partial charge is 0.0412 e. The molecule has 0 N–H and O–H groups in total. The number of benzene rings is 2. The van der Waals surface area contributed by atoms with Gasteiger partial charge in [-0.15, -0.1) is 0 Å². The number of rotatable bonds is 0. The number of fused-ring (bicyclic) bond motifs is 2. The first-order valence-electron chi connectivity index (χ1n) is 4.35. The minimum absolute atomic E-state index is 0.782. The van der Waals surface area contributed by atoms with Crippen molar-refractivity contribution < 1.29 is 0 Å². The van der Waals surface area contributed by atoms with E-state index in [4.69, 9.17) is 23.2 Å². The largest absolute Gasteiger partial charge is 0.0843 e. The lowest BCUT2D eigenvalue weighted by molar-refractivity contribution is 1.29. The summed E-state index contributed by atoms with van der Waals surface area (Å²) in [4.78, 5) is 0. The van der Waals surface area contributed by atoms with Gasteiger partial charge in [-0.25, -0.2) is 0 Å². The lowest BCUT2D eigenvalue weighted by Gasteiger charge is -2.04. The Kier molecular flexibility index (Phi) is 1.64. The number of hydrogen-bond donors (Lipinski definition) is 0. The van der Waals surface area contributed by atoms with Gasteiger partial charge in [-0.2, -0.15) is 0 Å². The molecule has 0 fully saturated rings. The summed E-state index contributed by atoms with van der Waals surface area (Å²) < 4.78 is 0. The van der Waals surface area contributed by atoms with Gasteiger partial charge < -0.3 is 0 Å². The van der Waals surface area contributed by atoms with Gasteiger partial charge in [-0.3, -0.25) is 0 Å². The summed E-state index contributed by atoms with van der Waals surface area (Å²) in [7, 11) is 0. The predicted octanol–water partition coefficient (Wildman–Crippen LogP) is 3.88. The van der Waals surface area contributed by atoms with E-state index in [2.05, 4.69) is 0 Å². The summed E-state index contributed by atoms with van der Waals surface area (Å²) in [6.45, 7) is 0. The third-order valence-corrected chi connectivity index (χ3v) is 3.01. The van der Waals surface area contributed by atoms with Gasteiger partial charge in [0.1, 0.15) is 0 Å². The maximum Gasteiger partial charge on any atom is 0.0412 e. The normalized spacial score (nSPS) is 11.6. The average molecular weight is 221 g/mol. The van der Waals surface area contributed by atoms with Crippen molar-refractivity contribution in [3.8, 4) is 0 Å². The molecule has 0 saturated heterocycles. The van der Waals surface area contributed by atoms with Crippen LogP contribution in [0, 0.1) is 20.9 Å². The molecule has 2 heteroatoms. The van der Waals surface area contributed by atoms with Gasteiger partial charge in [-0.1, -0.05) is 35.3 Å². The van der Waals surface area contributed by atoms with Crippen LogP contribution in [-0.2, 0) is 0 Å². The Hall–Kier alpha value is -0.980. The molecule has 0 atom stereocenters. The Morgan fingerprint density at radius 3 is 1.43 bits per heavy atom. The Morgan fingerprint density at radius 2 is 1.00 bits per heavy atom. The molecule has 3 rings (SSSR count). The summed E-state index contributed by atoms with van der Waals surface area (Å²) in [5, 5.41) is 6.50. The molecule has 1 aliphatic carbocycles. The predicted molar refractivity (Wildman–Crippen MR) is 58.2 cm³/mol. The van der Waals surface area contributed by atoms with E-state index in [-0.39, 0.29) is 0 Å². The van der Waals surface area contributed by atoms with Gasteiger partial charge in [0.25, 0.3) is 0 Å². The molecule has 0 bridgehead atoms. The van der Waals surface area contributed by atoms with E-state index in [1.807, 2.05) is 36.4 Å². The highest BCUT2D eigenvalue weighted by atomic mass is 35.5. The maximum absolute atomic E-state index is 5.92. The molecule has 2 aromatic rings. The highest BCUT2D eigenvalue weighted by Gasteiger charge is 2.02. The molecule has 2 aromatic carbocycles. The Bertz CT molecular complexity index is 616. The Morgan fingerprint density at radius 1 is 0.571 bits per heavy atom. The molecule has 0 nitrogen and oxygen atoms in total. The van der Waals surface area contributed by atoms with Gasteiger partial charge in [-0.05, 0) is 45.1 Å². The van der Waals surface area contributed by atoms with Gasteiger partial charge in [0.05, 0.1) is 0 Å². The maximum atomic E-state index is 5.92. The van der Waals surface area contributed by atoms with Crippen LogP contribution in [-0.4, -0.2) is 0 Å². The quantitative estimate of drug-likeness (QED) is 0.540. The van der Waals surface area contributed by atoms with Crippen LogP contribution in [0.15, 0.2) is 36.4 Å². The molecule has 0 aromatic heterocycles. The van der Waals surface area contributed by atoms with Crippen LogP contribution in [0.5, 0.6) is 0 Å². The van der Waals surface area contributed by atoms with Crippen molar-refractivity contribution in [2.45, 2.75) is 0 Å². The van der Waals surface area contributed by atoms with Crippen LogP contribution in [0.4, 0.5) is 0 Å². The van der Waals surface area contributed by atoms with Gasteiger partial charge in [0.15, 0.2) is 0 Å². The zero-order valence-electron chi connectivity index (χ0n) is 7.22. The molecule has 0 saturated carbocycles. The number of halogens is 2. The van der Waals surface area contributed by atoms with Crippen LogP contribution in [0.2, 0.25) is 10.0 Å². The van der Waals surface area contributed by atoms with Crippen molar-refractivity contribution in [2.24, 2.45) is 0 Å². The summed E-state index contributed by atoms with van der Waals surface area (Å²) in [6, 6.07) is 11.9. The first kappa shape index (κ1) is 8.34. The SMILES string of the molecule is Clc1ccc2c(c1)=c1ccc(Cl)cc1=2. The van der Waals surface area contributed by atoms with E-state index in [9.17, 15) is 0 Å². The van der Waals surface area contributed by atoms with Crippen molar-refractivity contribution >= 4 is 23.2 Å². The fourth-order valence-electron chi connectivity index (χ4n) is 1.89. The molecular weight excluding hydrogens is 215 g/mol. The molecule has 68 valence electrons. The molecule has 0 radical (unpaired) electrons. The van der Waals surface area contributed by atoms with Crippen molar-refractivity contribution in [3.05, 3.63) is 67.3 Å². The summed E-state index contributed by atoms with van der Waals surface area (Å²) >= 11 is 11.8. The molecular formula is C12H6Cl2. The minimum Gasteiger partial charge on any atom is -0.0843 e. The second-order valence-electron chi connectivity index (χ2n) is 3.38. The standard InChI is InChI=1S/C12H6Cl2/c13-7-1-3-9-11(5-7)10-4-2-8(14)6-12(9)10/h1-6H. The van der Waals surface area contributed by atoms with Crippen molar-refractivity contribution in [1.29, 1.82) is 0 Å². The van der Waals surface area contributed by atoms with E-state index in [1.165, 1.54) is 20.9 Å². The first-order chi connectivity index (χ1) is 6.75. The third kappa shape index (κ3) is 1.01. The van der Waals surface area contributed by atoms with Crippen LogP contribution < -0.4 is 0 Å². The molecule has 14 heavy (non-hydrogen) atoms. The van der Waals surface area contributed by atoms with Crippen molar-refractivity contribution in [2.75, 3.05) is 0 Å². The Labute approximate surface area is 90.7 Å². The highest BCUT2D eigenvalue weighted by Crippen LogP contribution is 2.19. The van der Waals surface area contributed by atoms with E-state index in [1.54, 1.807) is 0 Å². The van der Waals surface area contributed by atoms with E-state index < -0.39 is 0 Å². The van der Waals surface area contributed by atoms with Crippen LogP contribution in [0.3, 0.4) is 0 Å². The van der Waals surface area contributed by atoms with Gasteiger partial charge >= 0.3 is 0 Å². The number of hydrogen-bond acceptors (Lipinski definition) is 0. The van der Waals surface area contributed by atoms with Crippen molar-refractivity contribution in [3.63, 3.8) is 0 Å². The monoisotopic (exact) mass is 220 g/mol. The molecule has 0 unspecified atom stereocenters. The summed E-state index contributed by atoms with van der Waals surface area (Å²) in [6.07, 6.45) is 0. The zero-order valence-corrected chi connectivity index (χ0v) is 8.73. The van der Waals surface area contributed by atoms with E-state index in [0.29, 0.717) is 0 Å². The fourth-order valence-corrected chi connectivity index (χ4v) is 2.23. The fraction of sp³-hybridized carbons (Fsp3) is 0. The van der Waals surface area contributed by atoms with E-state index >= 15 is 0 Å². The van der Waals surface area contributed by atoms with Crippen LogP contribution in [0.1, 0.15) is 0 Å². The molecule has 0 spiro atoms. The first-order valence-corrected chi connectivity index (χ1v) is 5.11. The lowest BCUT2D eigenvalue weighted by atomic mass is 10.0. The third-order valence-electron chi connectivity index (χ3n) is 2.54. The Balaban J connectivity index is 2.58. The molecule has 0 heterocycles. The topological polar surface area (TPSA) is 0 Å². The van der Waals surface area contributed by atoms with Gasteiger partial charge in [0.2, 0.25) is 0 Å².